The van der Waals surface area contributed by atoms with Gasteiger partial charge in [-0.3, -0.25) is 0 Å². The Hall–Kier alpha value is -1.53. The van der Waals surface area contributed by atoms with Gasteiger partial charge in [0.05, 0.1) is 10.2 Å². The molecular formula is C11H10N4S2. The number of imidazole rings is 1. The second-order valence-electron chi connectivity index (χ2n) is 3.63. The third kappa shape index (κ3) is 2.01. The van der Waals surface area contributed by atoms with Crippen LogP contribution in [-0.4, -0.2) is 14.5 Å². The third-order valence-corrected chi connectivity index (χ3v) is 4.50. The van der Waals surface area contributed by atoms with E-state index in [0.717, 1.165) is 25.4 Å². The van der Waals surface area contributed by atoms with Crippen molar-refractivity contribution in [1.82, 2.24) is 14.5 Å². The maximum absolute atomic E-state index is 5.75. The van der Waals surface area contributed by atoms with E-state index in [-0.39, 0.29) is 0 Å². The molecule has 0 aliphatic carbocycles. The molecule has 0 unspecified atom stereocenters. The number of nitrogen functional groups attached to an aromatic ring is 1. The average Bonchev–Trinajstić information content (AvgIpc) is 2.85. The van der Waals surface area contributed by atoms with Gasteiger partial charge in [0.1, 0.15) is 0 Å². The lowest BCUT2D eigenvalue weighted by Gasteiger charge is -1.95. The van der Waals surface area contributed by atoms with E-state index in [4.69, 9.17) is 5.73 Å². The molecule has 0 atom stereocenters. The summed E-state index contributed by atoms with van der Waals surface area (Å²) < 4.78 is 4.08. The summed E-state index contributed by atoms with van der Waals surface area (Å²) in [5.74, 6) is 0. The van der Waals surface area contributed by atoms with Crippen molar-refractivity contribution in [2.24, 2.45) is 7.05 Å². The molecule has 2 heterocycles. The van der Waals surface area contributed by atoms with Crippen LogP contribution in [-0.2, 0) is 7.05 Å². The van der Waals surface area contributed by atoms with Crippen LogP contribution < -0.4 is 5.73 Å². The van der Waals surface area contributed by atoms with E-state index in [0.29, 0.717) is 0 Å². The topological polar surface area (TPSA) is 56.7 Å². The zero-order valence-corrected chi connectivity index (χ0v) is 10.8. The van der Waals surface area contributed by atoms with Crippen molar-refractivity contribution in [2.75, 3.05) is 5.73 Å². The summed E-state index contributed by atoms with van der Waals surface area (Å²) in [6, 6.07) is 5.77. The second kappa shape index (κ2) is 4.05. The van der Waals surface area contributed by atoms with Gasteiger partial charge < -0.3 is 10.3 Å². The first-order valence-corrected chi connectivity index (χ1v) is 6.67. The number of rotatable bonds is 2. The van der Waals surface area contributed by atoms with E-state index in [1.807, 2.05) is 36.0 Å². The van der Waals surface area contributed by atoms with Crippen molar-refractivity contribution in [1.29, 1.82) is 0 Å². The molecule has 86 valence electrons. The number of aromatic nitrogens is 3. The van der Waals surface area contributed by atoms with Crippen molar-refractivity contribution >= 4 is 39.0 Å². The van der Waals surface area contributed by atoms with E-state index >= 15 is 0 Å². The number of nitrogens with two attached hydrogens (primary N) is 1. The van der Waals surface area contributed by atoms with Gasteiger partial charge in [-0.2, -0.15) is 0 Å². The highest BCUT2D eigenvalue weighted by Gasteiger charge is 2.08. The van der Waals surface area contributed by atoms with Gasteiger partial charge in [0.25, 0.3) is 0 Å². The zero-order valence-electron chi connectivity index (χ0n) is 9.12. The van der Waals surface area contributed by atoms with E-state index < -0.39 is 0 Å². The molecule has 0 saturated carbocycles. The van der Waals surface area contributed by atoms with Gasteiger partial charge in [-0.15, -0.1) is 11.3 Å². The molecule has 2 aromatic heterocycles. The smallest absolute Gasteiger partial charge is 0.174 e. The summed E-state index contributed by atoms with van der Waals surface area (Å²) in [7, 11) is 1.97. The van der Waals surface area contributed by atoms with E-state index in [1.165, 1.54) is 0 Å². The molecule has 17 heavy (non-hydrogen) atoms. The standard InChI is InChI=1S/C11H10N4S2/c1-15-5-4-13-10(15)17-11-14-8-3-2-7(12)6-9(8)16-11/h2-6H,12H2,1H3. The van der Waals surface area contributed by atoms with Gasteiger partial charge in [-0.1, -0.05) is 0 Å². The molecule has 0 amide bonds. The van der Waals surface area contributed by atoms with Crippen molar-refractivity contribution in [3.05, 3.63) is 30.6 Å². The first-order chi connectivity index (χ1) is 8.22. The summed E-state index contributed by atoms with van der Waals surface area (Å²) in [4.78, 5) is 8.81. The van der Waals surface area contributed by atoms with Crippen LogP contribution in [0.25, 0.3) is 10.2 Å². The Labute approximate surface area is 106 Å². The number of fused-ring (bicyclic) bond motifs is 1. The Morgan fingerprint density at radius 1 is 1.41 bits per heavy atom. The largest absolute Gasteiger partial charge is 0.399 e. The number of hydrogen-bond acceptors (Lipinski definition) is 5. The highest BCUT2D eigenvalue weighted by molar-refractivity contribution is 8.01. The van der Waals surface area contributed by atoms with Crippen LogP contribution in [0.1, 0.15) is 0 Å². The summed E-state index contributed by atoms with van der Waals surface area (Å²) >= 11 is 3.21. The van der Waals surface area contributed by atoms with Crippen molar-refractivity contribution in [3.8, 4) is 0 Å². The van der Waals surface area contributed by atoms with Crippen LogP contribution in [0.3, 0.4) is 0 Å². The number of nitrogens with zero attached hydrogens (tertiary/aromatic N) is 3. The summed E-state index contributed by atoms with van der Waals surface area (Å²) in [6.07, 6.45) is 3.71. The van der Waals surface area contributed by atoms with Crippen molar-refractivity contribution < 1.29 is 0 Å². The monoisotopic (exact) mass is 262 g/mol. The minimum atomic E-state index is 0.773. The van der Waals surface area contributed by atoms with E-state index in [1.54, 1.807) is 29.3 Å². The minimum absolute atomic E-state index is 0.773. The third-order valence-electron chi connectivity index (χ3n) is 2.35. The van der Waals surface area contributed by atoms with Crippen LogP contribution in [0.15, 0.2) is 40.1 Å². The fourth-order valence-electron chi connectivity index (χ4n) is 1.49. The van der Waals surface area contributed by atoms with Gasteiger partial charge in [0, 0.05) is 25.1 Å². The van der Waals surface area contributed by atoms with Crippen LogP contribution in [0.2, 0.25) is 0 Å². The molecule has 0 aliphatic heterocycles. The summed E-state index contributed by atoms with van der Waals surface area (Å²) in [5, 5.41) is 0.942. The molecule has 4 nitrogen and oxygen atoms in total. The number of thiazole rings is 1. The second-order valence-corrected chi connectivity index (χ2v) is 5.87. The molecule has 0 saturated heterocycles. The molecule has 1 aromatic carbocycles. The SMILES string of the molecule is Cn1ccnc1Sc1nc2ccc(N)cc2s1. The fraction of sp³-hybridized carbons (Fsp3) is 0.0909. The lowest BCUT2D eigenvalue weighted by Crippen LogP contribution is -1.87. The van der Waals surface area contributed by atoms with E-state index in [2.05, 4.69) is 9.97 Å². The molecule has 2 N–H and O–H groups in total. The maximum Gasteiger partial charge on any atom is 0.174 e. The Balaban J connectivity index is 1.99. The van der Waals surface area contributed by atoms with Gasteiger partial charge in [-0.05, 0) is 30.0 Å². The average molecular weight is 262 g/mol. The molecule has 3 aromatic rings. The first-order valence-electron chi connectivity index (χ1n) is 5.03. The van der Waals surface area contributed by atoms with Gasteiger partial charge in [0.15, 0.2) is 9.50 Å². The Morgan fingerprint density at radius 2 is 2.29 bits per heavy atom. The van der Waals surface area contributed by atoms with E-state index in [9.17, 15) is 0 Å². The molecule has 0 fully saturated rings. The van der Waals surface area contributed by atoms with Crippen molar-refractivity contribution in [2.45, 2.75) is 9.50 Å². The van der Waals surface area contributed by atoms with Crippen LogP contribution in [0.5, 0.6) is 0 Å². The zero-order chi connectivity index (χ0) is 11.8. The molecular weight excluding hydrogens is 252 g/mol. The number of benzene rings is 1. The van der Waals surface area contributed by atoms with Crippen LogP contribution in [0.4, 0.5) is 5.69 Å². The molecule has 0 spiro atoms. The number of hydrogen-bond donors (Lipinski definition) is 1. The van der Waals surface area contributed by atoms with Gasteiger partial charge in [-0.25, -0.2) is 9.97 Å². The predicted octanol–water partition coefficient (Wildman–Crippen LogP) is 2.76. The minimum Gasteiger partial charge on any atom is -0.399 e. The fourth-order valence-corrected chi connectivity index (χ4v) is 3.52. The number of anilines is 1. The Kier molecular flexibility index (Phi) is 2.53. The lowest BCUT2D eigenvalue weighted by atomic mass is 10.3. The van der Waals surface area contributed by atoms with Crippen LogP contribution >= 0.6 is 23.1 Å². The quantitative estimate of drug-likeness (QED) is 0.721. The van der Waals surface area contributed by atoms with Gasteiger partial charge >= 0.3 is 0 Å². The molecule has 0 radical (unpaired) electrons. The molecule has 3 rings (SSSR count). The Bertz CT molecular complexity index is 671. The first kappa shape index (κ1) is 10.6. The highest BCUT2D eigenvalue weighted by atomic mass is 32.2. The lowest BCUT2D eigenvalue weighted by molar-refractivity contribution is 0.790. The number of aryl methyl sites for hydroxylation is 1. The maximum atomic E-state index is 5.75. The van der Waals surface area contributed by atoms with Gasteiger partial charge in [0.2, 0.25) is 0 Å². The molecule has 0 bridgehead atoms. The Morgan fingerprint density at radius 3 is 3.06 bits per heavy atom. The normalized spacial score (nSPS) is 11.1. The summed E-state index contributed by atoms with van der Waals surface area (Å²) in [5.41, 5.74) is 7.51. The highest BCUT2D eigenvalue weighted by Crippen LogP contribution is 2.33. The summed E-state index contributed by atoms with van der Waals surface area (Å²) in [6.45, 7) is 0. The van der Waals surface area contributed by atoms with Crippen LogP contribution in [0, 0.1) is 0 Å². The van der Waals surface area contributed by atoms with Crippen molar-refractivity contribution in [3.63, 3.8) is 0 Å². The predicted molar refractivity (Wildman–Crippen MR) is 71.4 cm³/mol. The molecule has 6 heteroatoms. The molecule has 0 aliphatic rings.